The average molecular weight is 336 g/mol. The molecule has 1 atom stereocenters. The van der Waals surface area contributed by atoms with Crippen molar-refractivity contribution >= 4 is 5.91 Å². The van der Waals surface area contributed by atoms with Gasteiger partial charge < -0.3 is 9.47 Å². The molecule has 0 N–H and O–H groups in total. The van der Waals surface area contributed by atoms with Gasteiger partial charge in [0, 0.05) is 36.7 Å². The molecule has 1 aliphatic heterocycles. The molecule has 7 nitrogen and oxygen atoms in total. The zero-order valence-corrected chi connectivity index (χ0v) is 14.1. The second kappa shape index (κ2) is 6.51. The number of amides is 1. The molecule has 1 fully saturated rings. The Morgan fingerprint density at radius 1 is 1.16 bits per heavy atom. The first-order chi connectivity index (χ1) is 12.2. The summed E-state index contributed by atoms with van der Waals surface area (Å²) in [5.41, 5.74) is 1.65. The van der Waals surface area contributed by atoms with Crippen LogP contribution in [0.25, 0.3) is 5.69 Å². The quantitative estimate of drug-likeness (QED) is 0.736. The van der Waals surface area contributed by atoms with Gasteiger partial charge in [-0.1, -0.05) is 0 Å². The number of imidazole rings is 1. The lowest BCUT2D eigenvalue weighted by Crippen LogP contribution is -2.40. The second-order valence-corrected chi connectivity index (χ2v) is 6.34. The number of carbonyl (C=O) groups is 1. The summed E-state index contributed by atoms with van der Waals surface area (Å²) in [4.78, 5) is 19.1. The molecule has 2 aromatic heterocycles. The topological polar surface area (TPSA) is 68.8 Å². The first-order valence-corrected chi connectivity index (χ1v) is 8.46. The molecule has 1 unspecified atom stereocenters. The molecule has 0 spiro atoms. The van der Waals surface area contributed by atoms with Crippen LogP contribution in [0, 0.1) is 6.92 Å². The third-order valence-electron chi connectivity index (χ3n) is 4.77. The Kier molecular flexibility index (Phi) is 4.05. The Bertz CT molecular complexity index is 852. The van der Waals surface area contributed by atoms with E-state index in [1.54, 1.807) is 12.7 Å². The van der Waals surface area contributed by atoms with E-state index in [1.807, 2.05) is 53.0 Å². The molecule has 3 aromatic rings. The van der Waals surface area contributed by atoms with E-state index in [0.717, 1.165) is 37.4 Å². The zero-order valence-electron chi connectivity index (χ0n) is 14.1. The van der Waals surface area contributed by atoms with Gasteiger partial charge in [-0.2, -0.15) is 0 Å². The molecule has 1 saturated heterocycles. The minimum absolute atomic E-state index is 0.0813. The predicted octanol–water partition coefficient (Wildman–Crippen LogP) is 2.25. The smallest absolute Gasteiger partial charge is 0.253 e. The summed E-state index contributed by atoms with van der Waals surface area (Å²) < 4.78 is 3.99. The molecule has 0 radical (unpaired) electrons. The van der Waals surface area contributed by atoms with E-state index in [1.165, 1.54) is 0 Å². The Hall–Kier alpha value is -2.96. The van der Waals surface area contributed by atoms with Gasteiger partial charge in [-0.25, -0.2) is 4.98 Å². The minimum Gasteiger partial charge on any atom is -0.337 e. The number of aryl methyl sites for hydroxylation is 1. The number of hydrogen-bond acceptors (Lipinski definition) is 4. The summed E-state index contributed by atoms with van der Waals surface area (Å²) >= 11 is 0. The number of carbonyl (C=O) groups excluding carboxylic acids is 1. The van der Waals surface area contributed by atoms with Crippen LogP contribution in [0.4, 0.5) is 0 Å². The fraction of sp³-hybridized carbons (Fsp3) is 0.333. The standard InChI is InChI=1S/C18H20N6O/c1-14-19-8-10-24(14)17-3-2-9-22(11-17)18(25)15-4-6-16(7-5-15)23-12-20-21-13-23/h4-8,10,12-13,17H,2-3,9,11H2,1H3. The van der Waals surface area contributed by atoms with Gasteiger partial charge in [0.15, 0.2) is 0 Å². The largest absolute Gasteiger partial charge is 0.337 e. The summed E-state index contributed by atoms with van der Waals surface area (Å²) in [5, 5.41) is 7.60. The summed E-state index contributed by atoms with van der Waals surface area (Å²) in [5.74, 6) is 1.08. The van der Waals surface area contributed by atoms with Crippen LogP contribution in [0.5, 0.6) is 0 Å². The SMILES string of the molecule is Cc1nccn1C1CCCN(C(=O)c2ccc(-n3cnnc3)cc2)C1. The van der Waals surface area contributed by atoms with Crippen molar-refractivity contribution in [2.75, 3.05) is 13.1 Å². The van der Waals surface area contributed by atoms with Crippen LogP contribution in [0.3, 0.4) is 0 Å². The van der Waals surface area contributed by atoms with Gasteiger partial charge in [0.2, 0.25) is 0 Å². The molecule has 0 saturated carbocycles. The number of piperidine rings is 1. The monoisotopic (exact) mass is 336 g/mol. The van der Waals surface area contributed by atoms with Gasteiger partial charge in [0.1, 0.15) is 18.5 Å². The van der Waals surface area contributed by atoms with E-state index in [0.29, 0.717) is 11.6 Å². The van der Waals surface area contributed by atoms with Crippen molar-refractivity contribution in [2.45, 2.75) is 25.8 Å². The minimum atomic E-state index is 0.0813. The fourth-order valence-electron chi connectivity index (χ4n) is 3.43. The van der Waals surface area contributed by atoms with Gasteiger partial charge >= 0.3 is 0 Å². The Morgan fingerprint density at radius 2 is 1.92 bits per heavy atom. The molecule has 128 valence electrons. The number of rotatable bonds is 3. The summed E-state index contributed by atoms with van der Waals surface area (Å²) in [6, 6.07) is 7.86. The highest BCUT2D eigenvalue weighted by Crippen LogP contribution is 2.24. The molecule has 1 aromatic carbocycles. The van der Waals surface area contributed by atoms with Crippen molar-refractivity contribution in [2.24, 2.45) is 0 Å². The summed E-state index contributed by atoms with van der Waals surface area (Å²) in [6.07, 6.45) is 9.18. The van der Waals surface area contributed by atoms with Crippen LogP contribution in [0.15, 0.2) is 49.3 Å². The van der Waals surface area contributed by atoms with Crippen molar-refractivity contribution < 1.29 is 4.79 Å². The molecule has 4 rings (SSSR count). The van der Waals surface area contributed by atoms with Crippen LogP contribution in [0.1, 0.15) is 35.1 Å². The van der Waals surface area contributed by atoms with E-state index < -0.39 is 0 Å². The van der Waals surface area contributed by atoms with E-state index in [9.17, 15) is 4.79 Å². The lowest BCUT2D eigenvalue weighted by atomic mass is 10.0. The first-order valence-electron chi connectivity index (χ1n) is 8.46. The van der Waals surface area contributed by atoms with E-state index in [4.69, 9.17) is 0 Å². The second-order valence-electron chi connectivity index (χ2n) is 6.34. The lowest BCUT2D eigenvalue weighted by molar-refractivity contribution is 0.0678. The van der Waals surface area contributed by atoms with Gasteiger partial charge in [0.25, 0.3) is 5.91 Å². The Labute approximate surface area is 145 Å². The van der Waals surface area contributed by atoms with Gasteiger partial charge in [-0.05, 0) is 44.0 Å². The zero-order chi connectivity index (χ0) is 17.2. The van der Waals surface area contributed by atoms with Crippen LogP contribution in [-0.4, -0.2) is 48.2 Å². The molecular weight excluding hydrogens is 316 g/mol. The number of likely N-dealkylation sites (tertiary alicyclic amines) is 1. The van der Waals surface area contributed by atoms with Crippen LogP contribution >= 0.6 is 0 Å². The van der Waals surface area contributed by atoms with Crippen molar-refractivity contribution in [1.29, 1.82) is 0 Å². The average Bonchev–Trinajstić information content (AvgIpc) is 3.33. The van der Waals surface area contributed by atoms with E-state index in [-0.39, 0.29) is 5.91 Å². The Morgan fingerprint density at radius 3 is 2.60 bits per heavy atom. The molecule has 7 heteroatoms. The molecule has 0 aliphatic carbocycles. The highest BCUT2D eigenvalue weighted by Gasteiger charge is 2.26. The van der Waals surface area contributed by atoms with Crippen molar-refractivity contribution in [3.63, 3.8) is 0 Å². The van der Waals surface area contributed by atoms with E-state index in [2.05, 4.69) is 19.7 Å². The Balaban J connectivity index is 1.49. The molecule has 1 aliphatic rings. The number of aromatic nitrogens is 5. The van der Waals surface area contributed by atoms with Gasteiger partial charge in [-0.15, -0.1) is 10.2 Å². The van der Waals surface area contributed by atoms with Crippen LogP contribution < -0.4 is 0 Å². The fourth-order valence-corrected chi connectivity index (χ4v) is 3.43. The predicted molar refractivity (Wildman–Crippen MR) is 92.5 cm³/mol. The molecular formula is C18H20N6O. The van der Waals surface area contributed by atoms with Crippen LogP contribution in [0.2, 0.25) is 0 Å². The summed E-state index contributed by atoms with van der Waals surface area (Å²) in [7, 11) is 0. The maximum atomic E-state index is 12.9. The molecule has 25 heavy (non-hydrogen) atoms. The third kappa shape index (κ3) is 3.05. The highest BCUT2D eigenvalue weighted by atomic mass is 16.2. The normalized spacial score (nSPS) is 17.6. The highest BCUT2D eigenvalue weighted by molar-refractivity contribution is 5.94. The lowest BCUT2D eigenvalue weighted by Gasteiger charge is -2.34. The van der Waals surface area contributed by atoms with Gasteiger partial charge in [-0.3, -0.25) is 9.36 Å². The van der Waals surface area contributed by atoms with Gasteiger partial charge in [0.05, 0.1) is 6.04 Å². The van der Waals surface area contributed by atoms with Crippen LogP contribution in [-0.2, 0) is 0 Å². The number of benzene rings is 1. The van der Waals surface area contributed by atoms with Crippen molar-refractivity contribution in [1.82, 2.24) is 29.2 Å². The molecule has 3 heterocycles. The summed E-state index contributed by atoms with van der Waals surface area (Å²) in [6.45, 7) is 3.53. The maximum Gasteiger partial charge on any atom is 0.253 e. The maximum absolute atomic E-state index is 12.9. The third-order valence-corrected chi connectivity index (χ3v) is 4.77. The molecule has 1 amide bonds. The first kappa shape index (κ1) is 15.6. The number of nitrogens with zero attached hydrogens (tertiary/aromatic N) is 6. The number of hydrogen-bond donors (Lipinski definition) is 0. The van der Waals surface area contributed by atoms with E-state index >= 15 is 0 Å². The van der Waals surface area contributed by atoms with Crippen molar-refractivity contribution in [3.8, 4) is 5.69 Å². The molecule has 0 bridgehead atoms. The van der Waals surface area contributed by atoms with Crippen molar-refractivity contribution in [3.05, 3.63) is 60.7 Å².